The third-order valence-electron chi connectivity index (χ3n) is 4.42. The molecule has 156 valence electrons. The molecular weight excluding hydrogens is 378 g/mol. The Morgan fingerprint density at radius 3 is 2.31 bits per heavy atom. The maximum Gasteiger partial charge on any atom is 0.326 e. The molecule has 1 aromatic heterocycles. The van der Waals surface area contributed by atoms with Gasteiger partial charge in [-0.1, -0.05) is 18.2 Å². The Hall–Kier alpha value is -3.40. The third-order valence-corrected chi connectivity index (χ3v) is 4.42. The number of aromatic amines is 1. The number of nitrogens with one attached hydrogen (secondary N) is 4. The number of para-hydroxylation sites is 1. The molecule has 1 heterocycles. The molecule has 0 spiro atoms. The van der Waals surface area contributed by atoms with Gasteiger partial charge in [0.05, 0.1) is 6.54 Å². The van der Waals surface area contributed by atoms with E-state index in [4.69, 9.17) is 5.73 Å². The van der Waals surface area contributed by atoms with Crippen molar-refractivity contribution >= 4 is 34.6 Å². The lowest BCUT2D eigenvalue weighted by molar-refractivity contribution is -0.142. The molecule has 0 bridgehead atoms. The highest BCUT2D eigenvalue weighted by Gasteiger charge is 2.26. The fourth-order valence-electron chi connectivity index (χ4n) is 2.79. The van der Waals surface area contributed by atoms with Crippen molar-refractivity contribution in [2.75, 3.05) is 6.54 Å². The molecule has 3 amide bonds. The van der Waals surface area contributed by atoms with Gasteiger partial charge in [0, 0.05) is 23.5 Å². The molecule has 0 aliphatic rings. The summed E-state index contributed by atoms with van der Waals surface area (Å²) in [5.74, 6) is -2.93. The van der Waals surface area contributed by atoms with E-state index in [0.717, 1.165) is 16.5 Å². The number of fused-ring (bicyclic) bond motifs is 1. The van der Waals surface area contributed by atoms with Crippen LogP contribution in [0.15, 0.2) is 30.5 Å². The average Bonchev–Trinajstić information content (AvgIpc) is 3.09. The van der Waals surface area contributed by atoms with Crippen LogP contribution in [0.1, 0.15) is 19.4 Å². The van der Waals surface area contributed by atoms with Gasteiger partial charge in [-0.15, -0.1) is 0 Å². The van der Waals surface area contributed by atoms with Crippen LogP contribution in [0.5, 0.6) is 0 Å². The highest BCUT2D eigenvalue weighted by molar-refractivity contribution is 5.93. The van der Waals surface area contributed by atoms with E-state index < -0.39 is 41.8 Å². The largest absolute Gasteiger partial charge is 0.480 e. The van der Waals surface area contributed by atoms with Gasteiger partial charge in [0.1, 0.15) is 18.1 Å². The quantitative estimate of drug-likeness (QED) is 0.322. The first-order chi connectivity index (χ1) is 13.7. The number of carbonyl (C=O) groups excluding carboxylic acids is 3. The number of benzene rings is 1. The van der Waals surface area contributed by atoms with Crippen molar-refractivity contribution in [1.82, 2.24) is 20.9 Å². The summed E-state index contributed by atoms with van der Waals surface area (Å²) in [6, 6.07) is 4.39. The van der Waals surface area contributed by atoms with Crippen molar-refractivity contribution in [3.8, 4) is 0 Å². The van der Waals surface area contributed by atoms with E-state index in [0.29, 0.717) is 0 Å². The molecule has 0 aliphatic heterocycles. The zero-order chi connectivity index (χ0) is 21.6. The van der Waals surface area contributed by atoms with Crippen LogP contribution in [0.2, 0.25) is 0 Å². The lowest BCUT2D eigenvalue weighted by atomic mass is 10.0. The standard InChI is InChI=1S/C19H25N5O5/c1-10(22-16(25)8-20)17(26)23-11(2)18(27)24-15(19(28)29)7-12-9-21-14-6-4-3-5-13(12)14/h3-6,9-11,15,21H,7-8,20H2,1-2H3,(H,22,25)(H,23,26)(H,24,27)(H,28,29). The highest BCUT2D eigenvalue weighted by Crippen LogP contribution is 2.19. The van der Waals surface area contributed by atoms with Crippen LogP contribution in [0.3, 0.4) is 0 Å². The van der Waals surface area contributed by atoms with Gasteiger partial charge in [-0.3, -0.25) is 14.4 Å². The number of rotatable bonds is 9. The number of carbonyl (C=O) groups is 4. The number of H-pyrrole nitrogens is 1. The molecule has 0 aliphatic carbocycles. The molecule has 0 saturated heterocycles. The van der Waals surface area contributed by atoms with Gasteiger partial charge in [0.2, 0.25) is 17.7 Å². The number of amides is 3. The first kappa shape index (κ1) is 21.9. The number of nitrogens with two attached hydrogens (primary N) is 1. The summed E-state index contributed by atoms with van der Waals surface area (Å²) in [6.07, 6.45) is 1.79. The maximum absolute atomic E-state index is 12.4. The van der Waals surface area contributed by atoms with Crippen LogP contribution in [0, 0.1) is 0 Å². The van der Waals surface area contributed by atoms with Crippen LogP contribution >= 0.6 is 0 Å². The number of aromatic nitrogens is 1. The number of carboxylic acids is 1. The molecule has 2 aromatic rings. The second-order valence-corrected chi connectivity index (χ2v) is 6.69. The molecule has 0 saturated carbocycles. The van der Waals surface area contributed by atoms with E-state index in [9.17, 15) is 24.3 Å². The molecule has 3 unspecified atom stereocenters. The Balaban J connectivity index is 1.99. The summed E-state index contributed by atoms with van der Waals surface area (Å²) in [5.41, 5.74) is 6.80. The second-order valence-electron chi connectivity index (χ2n) is 6.69. The van der Waals surface area contributed by atoms with Gasteiger partial charge < -0.3 is 31.8 Å². The van der Waals surface area contributed by atoms with Crippen molar-refractivity contribution in [1.29, 1.82) is 0 Å². The smallest absolute Gasteiger partial charge is 0.326 e. The van der Waals surface area contributed by atoms with E-state index in [2.05, 4.69) is 20.9 Å². The monoisotopic (exact) mass is 403 g/mol. The fourth-order valence-corrected chi connectivity index (χ4v) is 2.79. The summed E-state index contributed by atoms with van der Waals surface area (Å²) in [7, 11) is 0. The Morgan fingerprint density at radius 2 is 1.66 bits per heavy atom. The SMILES string of the molecule is CC(NC(=O)CN)C(=O)NC(C)C(=O)NC(Cc1c[nH]c2ccccc12)C(=O)O. The van der Waals surface area contributed by atoms with Gasteiger partial charge >= 0.3 is 5.97 Å². The number of hydrogen-bond donors (Lipinski definition) is 6. The van der Waals surface area contributed by atoms with Crippen molar-refractivity contribution in [3.05, 3.63) is 36.0 Å². The molecule has 0 fully saturated rings. The zero-order valence-electron chi connectivity index (χ0n) is 16.2. The van der Waals surface area contributed by atoms with Crippen LogP contribution in [0.25, 0.3) is 10.9 Å². The summed E-state index contributed by atoms with van der Waals surface area (Å²) < 4.78 is 0. The van der Waals surface area contributed by atoms with Crippen LogP contribution in [-0.4, -0.2) is 58.5 Å². The van der Waals surface area contributed by atoms with Gasteiger partial charge in [0.25, 0.3) is 0 Å². The van der Waals surface area contributed by atoms with E-state index >= 15 is 0 Å². The fraction of sp³-hybridized carbons (Fsp3) is 0.368. The lowest BCUT2D eigenvalue weighted by Gasteiger charge is -2.20. The van der Waals surface area contributed by atoms with Crippen molar-refractivity contribution in [2.45, 2.75) is 38.4 Å². The van der Waals surface area contributed by atoms with Crippen molar-refractivity contribution in [2.24, 2.45) is 5.73 Å². The summed E-state index contributed by atoms with van der Waals surface area (Å²) in [4.78, 5) is 50.4. The topological polar surface area (TPSA) is 166 Å². The Bertz CT molecular complexity index is 909. The molecule has 1 aromatic carbocycles. The van der Waals surface area contributed by atoms with E-state index in [1.807, 2.05) is 24.3 Å². The maximum atomic E-state index is 12.4. The van der Waals surface area contributed by atoms with Gasteiger partial charge in [0.15, 0.2) is 0 Å². The molecule has 29 heavy (non-hydrogen) atoms. The first-order valence-electron chi connectivity index (χ1n) is 9.11. The van der Waals surface area contributed by atoms with Gasteiger partial charge in [-0.2, -0.15) is 0 Å². The van der Waals surface area contributed by atoms with Gasteiger partial charge in [-0.05, 0) is 25.5 Å². The van der Waals surface area contributed by atoms with Crippen molar-refractivity contribution in [3.63, 3.8) is 0 Å². The summed E-state index contributed by atoms with van der Waals surface area (Å²) >= 11 is 0. The first-order valence-corrected chi connectivity index (χ1v) is 9.11. The molecular formula is C19H25N5O5. The summed E-state index contributed by atoms with van der Waals surface area (Å²) in [5, 5.41) is 17.6. The Kier molecular flexibility index (Phi) is 7.32. The molecule has 2 rings (SSSR count). The highest BCUT2D eigenvalue weighted by atomic mass is 16.4. The number of aliphatic carboxylic acids is 1. The number of hydrogen-bond acceptors (Lipinski definition) is 5. The van der Waals surface area contributed by atoms with E-state index in [-0.39, 0.29) is 13.0 Å². The minimum absolute atomic E-state index is 0.0781. The number of carboxylic acid groups (broad SMARTS) is 1. The van der Waals surface area contributed by atoms with E-state index in [1.54, 1.807) is 6.20 Å². The Morgan fingerprint density at radius 1 is 1.03 bits per heavy atom. The predicted octanol–water partition coefficient (Wildman–Crippen LogP) is -0.752. The molecule has 7 N–H and O–H groups in total. The Labute approximate surface area is 167 Å². The van der Waals surface area contributed by atoms with Crippen molar-refractivity contribution < 1.29 is 24.3 Å². The predicted molar refractivity (Wildman–Crippen MR) is 106 cm³/mol. The molecule has 10 nitrogen and oxygen atoms in total. The molecule has 10 heteroatoms. The van der Waals surface area contributed by atoms with Gasteiger partial charge in [-0.25, -0.2) is 4.79 Å². The molecule has 3 atom stereocenters. The average molecular weight is 403 g/mol. The minimum atomic E-state index is -1.19. The minimum Gasteiger partial charge on any atom is -0.480 e. The summed E-state index contributed by atoms with van der Waals surface area (Å²) in [6.45, 7) is 2.61. The molecule has 0 radical (unpaired) electrons. The third kappa shape index (κ3) is 5.79. The van der Waals surface area contributed by atoms with Crippen LogP contribution in [0.4, 0.5) is 0 Å². The normalized spacial score (nSPS) is 13.9. The second kappa shape index (κ2) is 9.69. The lowest BCUT2D eigenvalue weighted by Crippen LogP contribution is -2.54. The van der Waals surface area contributed by atoms with E-state index in [1.165, 1.54) is 13.8 Å². The zero-order valence-corrected chi connectivity index (χ0v) is 16.2. The van der Waals surface area contributed by atoms with Crippen LogP contribution < -0.4 is 21.7 Å². The van der Waals surface area contributed by atoms with Crippen LogP contribution in [-0.2, 0) is 25.6 Å².